The number of hydrogen-bond acceptors (Lipinski definition) is 5. The van der Waals surface area contributed by atoms with Crippen molar-refractivity contribution >= 4 is 33.0 Å². The highest BCUT2D eigenvalue weighted by Gasteiger charge is 2.32. The van der Waals surface area contributed by atoms with Gasteiger partial charge < -0.3 is 4.90 Å². The Hall–Kier alpha value is -0.210. The summed E-state index contributed by atoms with van der Waals surface area (Å²) in [7, 11) is -1.42. The molecule has 2 rings (SSSR count). The van der Waals surface area contributed by atoms with Crippen molar-refractivity contribution in [1.82, 2.24) is 14.2 Å². The van der Waals surface area contributed by atoms with Gasteiger partial charge in [0.25, 0.3) is 10.0 Å². The molecule has 96 valence electrons. The minimum absolute atomic E-state index is 0.222. The number of likely N-dealkylation sites (N-methyl/N-ethyl adjacent to an activating group) is 1. The van der Waals surface area contributed by atoms with E-state index in [2.05, 4.69) is 9.88 Å². The molecule has 0 aliphatic carbocycles. The standard InChI is InChI=1S/C9H14ClN3O2S2/c1-7-6-13(4-3-12(7)2)17(14,15)8-5-11-9(10)16-8/h5,7H,3-4,6H2,1-2H3. The molecule has 0 amide bonds. The monoisotopic (exact) mass is 295 g/mol. The first-order valence-corrected chi connectivity index (χ1v) is 7.86. The number of hydrogen-bond donors (Lipinski definition) is 0. The highest BCUT2D eigenvalue weighted by atomic mass is 35.5. The van der Waals surface area contributed by atoms with Crippen LogP contribution in [0.3, 0.4) is 0 Å². The summed E-state index contributed by atoms with van der Waals surface area (Å²) in [6.45, 7) is 3.78. The summed E-state index contributed by atoms with van der Waals surface area (Å²) in [5.41, 5.74) is 0. The number of thiazole rings is 1. The summed E-state index contributed by atoms with van der Waals surface area (Å²) in [5, 5.41) is 0. The molecule has 1 aliphatic rings. The number of aromatic nitrogens is 1. The van der Waals surface area contributed by atoms with E-state index in [0.29, 0.717) is 13.1 Å². The highest BCUT2D eigenvalue weighted by molar-refractivity contribution is 7.91. The summed E-state index contributed by atoms with van der Waals surface area (Å²) in [5.74, 6) is 0. The van der Waals surface area contributed by atoms with Crippen molar-refractivity contribution in [2.75, 3.05) is 26.7 Å². The second kappa shape index (κ2) is 4.81. The molecule has 1 fully saturated rings. The maximum absolute atomic E-state index is 12.3. The SMILES string of the molecule is CC1CN(S(=O)(=O)c2cnc(Cl)s2)CCN1C. The molecule has 0 saturated carbocycles. The topological polar surface area (TPSA) is 53.5 Å². The smallest absolute Gasteiger partial charge is 0.254 e. The van der Waals surface area contributed by atoms with Crippen LogP contribution in [0.15, 0.2) is 10.4 Å². The first kappa shape index (κ1) is 13.2. The summed E-state index contributed by atoms with van der Waals surface area (Å²) < 4.78 is 26.5. The van der Waals surface area contributed by atoms with Gasteiger partial charge in [0.2, 0.25) is 0 Å². The van der Waals surface area contributed by atoms with Crippen LogP contribution < -0.4 is 0 Å². The van der Waals surface area contributed by atoms with Gasteiger partial charge in [-0.3, -0.25) is 0 Å². The van der Waals surface area contributed by atoms with Crippen molar-refractivity contribution in [3.05, 3.63) is 10.7 Å². The van der Waals surface area contributed by atoms with Crippen LogP contribution in [0.25, 0.3) is 0 Å². The Kier molecular flexibility index (Phi) is 3.74. The summed E-state index contributed by atoms with van der Waals surface area (Å²) in [6, 6.07) is 0.224. The summed E-state index contributed by atoms with van der Waals surface area (Å²) in [4.78, 5) is 5.92. The van der Waals surface area contributed by atoms with Gasteiger partial charge in [-0.15, -0.1) is 0 Å². The van der Waals surface area contributed by atoms with Gasteiger partial charge in [0.15, 0.2) is 8.68 Å². The van der Waals surface area contributed by atoms with E-state index in [0.717, 1.165) is 17.9 Å². The van der Waals surface area contributed by atoms with Gasteiger partial charge in [-0.05, 0) is 14.0 Å². The number of halogens is 1. The fourth-order valence-electron chi connectivity index (χ4n) is 1.72. The van der Waals surface area contributed by atoms with E-state index in [4.69, 9.17) is 11.6 Å². The Morgan fingerprint density at radius 3 is 2.76 bits per heavy atom. The first-order valence-electron chi connectivity index (χ1n) is 5.23. The summed E-state index contributed by atoms with van der Waals surface area (Å²) in [6.07, 6.45) is 1.32. The lowest BCUT2D eigenvalue weighted by Crippen LogP contribution is -2.51. The predicted molar refractivity (Wildman–Crippen MR) is 68.0 cm³/mol. The van der Waals surface area contributed by atoms with Crippen LogP contribution >= 0.6 is 22.9 Å². The third kappa shape index (κ3) is 2.63. The Morgan fingerprint density at radius 2 is 2.24 bits per heavy atom. The fourth-order valence-corrected chi connectivity index (χ4v) is 4.68. The summed E-state index contributed by atoms with van der Waals surface area (Å²) >= 11 is 6.67. The predicted octanol–water partition coefficient (Wildman–Crippen LogP) is 1.12. The van der Waals surface area contributed by atoms with Crippen LogP contribution in [0.1, 0.15) is 6.92 Å². The van der Waals surface area contributed by atoms with Crippen molar-refractivity contribution in [3.63, 3.8) is 0 Å². The number of rotatable bonds is 2. The molecule has 1 atom stereocenters. The van der Waals surface area contributed by atoms with Gasteiger partial charge in [0.05, 0.1) is 6.20 Å². The molecular weight excluding hydrogens is 282 g/mol. The molecule has 1 unspecified atom stereocenters. The Balaban J connectivity index is 2.22. The number of nitrogens with zero attached hydrogens (tertiary/aromatic N) is 3. The average molecular weight is 296 g/mol. The Morgan fingerprint density at radius 1 is 1.53 bits per heavy atom. The maximum Gasteiger partial charge on any atom is 0.254 e. The average Bonchev–Trinajstić information content (AvgIpc) is 2.69. The normalized spacial score (nSPS) is 24.1. The van der Waals surface area contributed by atoms with Crippen molar-refractivity contribution in [2.24, 2.45) is 0 Å². The van der Waals surface area contributed by atoms with Crippen molar-refractivity contribution in [3.8, 4) is 0 Å². The van der Waals surface area contributed by atoms with Crippen molar-refractivity contribution in [2.45, 2.75) is 17.2 Å². The van der Waals surface area contributed by atoms with Crippen molar-refractivity contribution < 1.29 is 8.42 Å². The number of sulfonamides is 1. The molecule has 1 aromatic rings. The van der Waals surface area contributed by atoms with E-state index in [1.54, 1.807) is 0 Å². The van der Waals surface area contributed by atoms with Crippen molar-refractivity contribution in [1.29, 1.82) is 0 Å². The van der Waals surface area contributed by atoms with Crippen LogP contribution in [-0.4, -0.2) is 55.3 Å². The molecule has 0 bridgehead atoms. The molecule has 1 aliphatic heterocycles. The van der Waals surface area contributed by atoms with Crippen LogP contribution in [0.5, 0.6) is 0 Å². The molecule has 8 heteroatoms. The second-order valence-electron chi connectivity index (χ2n) is 4.12. The molecule has 0 aromatic carbocycles. The zero-order chi connectivity index (χ0) is 12.6. The van der Waals surface area contributed by atoms with Crippen LogP contribution in [-0.2, 0) is 10.0 Å². The van der Waals surface area contributed by atoms with Gasteiger partial charge in [0.1, 0.15) is 0 Å². The molecule has 2 heterocycles. The van der Waals surface area contributed by atoms with Crippen LogP contribution in [0.2, 0.25) is 4.47 Å². The van der Waals surface area contributed by atoms with Gasteiger partial charge in [0, 0.05) is 25.7 Å². The number of piperazine rings is 1. The largest absolute Gasteiger partial charge is 0.301 e. The van der Waals surface area contributed by atoms with Crippen LogP contribution in [0.4, 0.5) is 0 Å². The zero-order valence-corrected chi connectivity index (χ0v) is 12.0. The lowest BCUT2D eigenvalue weighted by molar-refractivity contribution is 0.160. The second-order valence-corrected chi connectivity index (χ2v) is 7.90. The quantitative estimate of drug-likeness (QED) is 0.820. The molecular formula is C9H14ClN3O2S2. The molecule has 0 radical (unpaired) electrons. The molecule has 1 saturated heterocycles. The lowest BCUT2D eigenvalue weighted by atomic mass is 10.2. The third-order valence-electron chi connectivity index (χ3n) is 2.97. The van der Waals surface area contributed by atoms with E-state index in [1.165, 1.54) is 10.5 Å². The molecule has 0 spiro atoms. The van der Waals surface area contributed by atoms with Gasteiger partial charge in [-0.1, -0.05) is 22.9 Å². The zero-order valence-electron chi connectivity index (χ0n) is 9.63. The van der Waals surface area contributed by atoms with E-state index in [-0.39, 0.29) is 14.7 Å². The van der Waals surface area contributed by atoms with E-state index in [1.807, 2.05) is 14.0 Å². The highest BCUT2D eigenvalue weighted by Crippen LogP contribution is 2.26. The van der Waals surface area contributed by atoms with E-state index >= 15 is 0 Å². The maximum atomic E-state index is 12.3. The lowest BCUT2D eigenvalue weighted by Gasteiger charge is -2.36. The van der Waals surface area contributed by atoms with Gasteiger partial charge >= 0.3 is 0 Å². The fraction of sp³-hybridized carbons (Fsp3) is 0.667. The third-order valence-corrected chi connectivity index (χ3v) is 6.39. The molecule has 17 heavy (non-hydrogen) atoms. The van der Waals surface area contributed by atoms with Gasteiger partial charge in [-0.25, -0.2) is 13.4 Å². The van der Waals surface area contributed by atoms with Crippen LogP contribution in [0, 0.1) is 0 Å². The van der Waals surface area contributed by atoms with Gasteiger partial charge in [-0.2, -0.15) is 4.31 Å². The Labute approximate surface area is 110 Å². The van der Waals surface area contributed by atoms with E-state index in [9.17, 15) is 8.42 Å². The minimum Gasteiger partial charge on any atom is -0.301 e. The molecule has 5 nitrogen and oxygen atoms in total. The minimum atomic E-state index is -3.42. The first-order chi connectivity index (χ1) is 7.91. The molecule has 0 N–H and O–H groups in total. The Bertz CT molecular complexity index is 502. The molecule has 1 aromatic heterocycles. The van der Waals surface area contributed by atoms with E-state index < -0.39 is 10.0 Å².